The van der Waals surface area contributed by atoms with Gasteiger partial charge in [0.05, 0.1) is 11.6 Å². The SMILES string of the molecule is CCCCCCN1c2ccc(C)c(C)c2C(C)(C)C12C=Nc1c(ccc3ccncc13)O2. The molecular weight excluding hydrogens is 394 g/mol. The van der Waals surface area contributed by atoms with E-state index in [0.717, 1.165) is 35.2 Å². The molecule has 0 amide bonds. The normalized spacial score (nSPS) is 20.5. The van der Waals surface area contributed by atoms with Gasteiger partial charge in [-0.3, -0.25) is 9.98 Å². The summed E-state index contributed by atoms with van der Waals surface area (Å²) in [6, 6.07) is 10.7. The van der Waals surface area contributed by atoms with Crippen molar-refractivity contribution >= 4 is 28.4 Å². The van der Waals surface area contributed by atoms with Crippen LogP contribution < -0.4 is 9.64 Å². The topological polar surface area (TPSA) is 37.7 Å². The minimum Gasteiger partial charge on any atom is -0.459 e. The van der Waals surface area contributed by atoms with Crippen LogP contribution >= 0.6 is 0 Å². The lowest BCUT2D eigenvalue weighted by Crippen LogP contribution is -2.62. The highest BCUT2D eigenvalue weighted by Gasteiger charge is 2.60. The van der Waals surface area contributed by atoms with E-state index in [1.165, 1.54) is 41.6 Å². The maximum Gasteiger partial charge on any atom is 0.228 e. The molecule has 0 bridgehead atoms. The van der Waals surface area contributed by atoms with Gasteiger partial charge in [0.2, 0.25) is 5.72 Å². The number of pyridine rings is 1. The Morgan fingerprint density at radius 2 is 1.84 bits per heavy atom. The molecule has 2 aliphatic heterocycles. The fourth-order valence-corrected chi connectivity index (χ4v) is 5.59. The van der Waals surface area contributed by atoms with E-state index in [1.807, 2.05) is 18.5 Å². The minimum atomic E-state index is -0.650. The van der Waals surface area contributed by atoms with Crippen molar-refractivity contribution in [2.75, 3.05) is 11.4 Å². The number of aliphatic imine (C=N–C) groups is 1. The Bertz CT molecular complexity index is 1210. The quantitative estimate of drug-likeness (QED) is 0.411. The predicted octanol–water partition coefficient (Wildman–Crippen LogP) is 7.02. The molecule has 32 heavy (non-hydrogen) atoms. The molecule has 2 aromatic carbocycles. The van der Waals surface area contributed by atoms with E-state index in [1.54, 1.807) is 0 Å². The molecule has 1 aromatic heterocycles. The monoisotopic (exact) mass is 427 g/mol. The maximum absolute atomic E-state index is 7.00. The van der Waals surface area contributed by atoms with Gasteiger partial charge in [0.15, 0.2) is 0 Å². The standard InChI is InChI=1S/C28H33N3O/c1-6-7-8-9-16-31-23-12-10-19(2)20(3)25(23)27(4,5)28(31)18-30-26-22-17-29-15-14-21(22)11-13-24(26)32-28/h10-15,17-18H,6-9,16H2,1-5H3. The van der Waals surface area contributed by atoms with Gasteiger partial charge in [-0.1, -0.05) is 38.3 Å². The molecule has 0 N–H and O–H groups in total. The second kappa shape index (κ2) is 7.61. The summed E-state index contributed by atoms with van der Waals surface area (Å²) in [7, 11) is 0. The largest absolute Gasteiger partial charge is 0.459 e. The van der Waals surface area contributed by atoms with Gasteiger partial charge < -0.3 is 9.64 Å². The van der Waals surface area contributed by atoms with Crippen molar-refractivity contribution in [3.63, 3.8) is 0 Å². The Morgan fingerprint density at radius 1 is 1.00 bits per heavy atom. The average Bonchev–Trinajstić information content (AvgIpc) is 2.97. The number of fused-ring (bicyclic) bond motifs is 4. The van der Waals surface area contributed by atoms with Crippen molar-refractivity contribution in [1.29, 1.82) is 0 Å². The van der Waals surface area contributed by atoms with E-state index in [2.05, 4.69) is 75.0 Å². The molecule has 0 aliphatic carbocycles. The van der Waals surface area contributed by atoms with E-state index in [0.29, 0.717) is 0 Å². The van der Waals surface area contributed by atoms with Crippen LogP contribution in [0.25, 0.3) is 10.8 Å². The number of hydrogen-bond acceptors (Lipinski definition) is 4. The number of rotatable bonds is 5. The molecule has 0 fully saturated rings. The Kier molecular flexibility index (Phi) is 4.99. The molecule has 3 aromatic rings. The van der Waals surface area contributed by atoms with Crippen LogP contribution in [0.4, 0.5) is 11.4 Å². The Hall–Kier alpha value is -2.88. The number of benzene rings is 2. The maximum atomic E-state index is 7.00. The zero-order valence-electron chi connectivity index (χ0n) is 19.9. The third-order valence-electron chi connectivity index (χ3n) is 7.55. The van der Waals surface area contributed by atoms with Crippen LogP contribution in [0.15, 0.2) is 47.7 Å². The number of anilines is 1. The fraction of sp³-hybridized carbons (Fsp3) is 0.429. The summed E-state index contributed by atoms with van der Waals surface area (Å²) in [5.41, 5.74) is 5.32. The van der Waals surface area contributed by atoms with Crippen LogP contribution in [0.3, 0.4) is 0 Å². The van der Waals surface area contributed by atoms with Crippen LogP contribution in [0.5, 0.6) is 5.75 Å². The van der Waals surface area contributed by atoms with Crippen molar-refractivity contribution in [2.45, 2.75) is 71.4 Å². The van der Waals surface area contributed by atoms with Crippen LogP contribution in [0.1, 0.15) is 63.1 Å². The Balaban J connectivity index is 1.65. The van der Waals surface area contributed by atoms with Gasteiger partial charge >= 0.3 is 0 Å². The molecule has 2 aliphatic rings. The van der Waals surface area contributed by atoms with Crippen LogP contribution in [0, 0.1) is 13.8 Å². The van der Waals surface area contributed by atoms with E-state index in [-0.39, 0.29) is 5.41 Å². The number of aromatic nitrogens is 1. The van der Waals surface area contributed by atoms with E-state index in [4.69, 9.17) is 9.73 Å². The van der Waals surface area contributed by atoms with Crippen molar-refractivity contribution in [3.05, 3.63) is 59.4 Å². The number of ether oxygens (including phenoxy) is 1. The van der Waals surface area contributed by atoms with Gasteiger partial charge in [0, 0.05) is 30.0 Å². The first-order valence-electron chi connectivity index (χ1n) is 11.9. The third-order valence-corrected chi connectivity index (χ3v) is 7.55. The molecular formula is C28H33N3O. The van der Waals surface area contributed by atoms with Crippen molar-refractivity contribution < 1.29 is 4.74 Å². The lowest BCUT2D eigenvalue weighted by Gasteiger charge is -2.46. The lowest BCUT2D eigenvalue weighted by atomic mass is 9.75. The molecule has 4 nitrogen and oxygen atoms in total. The summed E-state index contributed by atoms with van der Waals surface area (Å²) in [4.78, 5) is 11.9. The lowest BCUT2D eigenvalue weighted by molar-refractivity contribution is 0.0772. The Morgan fingerprint density at radius 3 is 2.66 bits per heavy atom. The first kappa shape index (κ1) is 21.0. The zero-order valence-corrected chi connectivity index (χ0v) is 19.9. The summed E-state index contributed by atoms with van der Waals surface area (Å²) >= 11 is 0. The van der Waals surface area contributed by atoms with Gasteiger partial charge in [-0.2, -0.15) is 0 Å². The molecule has 5 rings (SSSR count). The van der Waals surface area contributed by atoms with Crippen LogP contribution in [-0.2, 0) is 5.41 Å². The molecule has 1 spiro atoms. The molecule has 3 heterocycles. The van der Waals surface area contributed by atoms with Gasteiger partial charge in [0.1, 0.15) is 11.4 Å². The number of aryl methyl sites for hydroxylation is 1. The fourth-order valence-electron chi connectivity index (χ4n) is 5.59. The molecule has 0 radical (unpaired) electrons. The molecule has 166 valence electrons. The van der Waals surface area contributed by atoms with Crippen LogP contribution in [0.2, 0.25) is 0 Å². The van der Waals surface area contributed by atoms with Crippen molar-refractivity contribution in [2.24, 2.45) is 4.99 Å². The van der Waals surface area contributed by atoms with Gasteiger partial charge in [-0.25, -0.2) is 0 Å². The first-order valence-corrected chi connectivity index (χ1v) is 11.9. The number of nitrogens with zero attached hydrogens (tertiary/aromatic N) is 3. The van der Waals surface area contributed by atoms with Gasteiger partial charge in [0.25, 0.3) is 0 Å². The minimum absolute atomic E-state index is 0.256. The molecule has 1 atom stereocenters. The van der Waals surface area contributed by atoms with Crippen LogP contribution in [-0.4, -0.2) is 23.5 Å². The molecule has 4 heteroatoms. The predicted molar refractivity (Wildman–Crippen MR) is 134 cm³/mol. The Labute approximate surface area is 191 Å². The second-order valence-corrected chi connectivity index (χ2v) is 9.80. The summed E-state index contributed by atoms with van der Waals surface area (Å²) in [5, 5.41) is 2.17. The summed E-state index contributed by atoms with van der Waals surface area (Å²) < 4.78 is 7.00. The highest BCUT2D eigenvalue weighted by Crippen LogP contribution is 2.56. The summed E-state index contributed by atoms with van der Waals surface area (Å²) in [6.45, 7) is 12.3. The molecule has 1 unspecified atom stereocenters. The van der Waals surface area contributed by atoms with Crippen molar-refractivity contribution in [1.82, 2.24) is 4.98 Å². The van der Waals surface area contributed by atoms with E-state index >= 15 is 0 Å². The van der Waals surface area contributed by atoms with Crippen molar-refractivity contribution in [3.8, 4) is 5.75 Å². The highest BCUT2D eigenvalue weighted by atomic mass is 16.5. The summed E-state index contributed by atoms with van der Waals surface area (Å²) in [5.74, 6) is 0.835. The zero-order chi connectivity index (χ0) is 22.5. The molecule has 0 saturated heterocycles. The highest BCUT2D eigenvalue weighted by molar-refractivity contribution is 5.99. The van der Waals surface area contributed by atoms with E-state index in [9.17, 15) is 0 Å². The average molecular weight is 428 g/mol. The van der Waals surface area contributed by atoms with Gasteiger partial charge in [-0.15, -0.1) is 0 Å². The second-order valence-electron chi connectivity index (χ2n) is 9.80. The third kappa shape index (κ3) is 2.88. The number of unbranched alkanes of at least 4 members (excludes halogenated alkanes) is 3. The summed E-state index contributed by atoms with van der Waals surface area (Å²) in [6.07, 6.45) is 10.6. The van der Waals surface area contributed by atoms with E-state index < -0.39 is 5.72 Å². The van der Waals surface area contributed by atoms with Gasteiger partial charge in [-0.05, 0) is 74.4 Å². The smallest absolute Gasteiger partial charge is 0.228 e. The molecule has 0 saturated carbocycles. The first-order chi connectivity index (χ1) is 15.4. The number of hydrogen-bond donors (Lipinski definition) is 0.